The van der Waals surface area contributed by atoms with Gasteiger partial charge in [-0.15, -0.1) is 0 Å². The highest BCUT2D eigenvalue weighted by molar-refractivity contribution is 7.92. The molecular weight excluding hydrogens is 298 g/mol. The summed E-state index contributed by atoms with van der Waals surface area (Å²) < 4.78 is 27.4. The van der Waals surface area contributed by atoms with E-state index in [0.717, 1.165) is 0 Å². The summed E-state index contributed by atoms with van der Waals surface area (Å²) in [5.41, 5.74) is 7.63. The van der Waals surface area contributed by atoms with Crippen LogP contribution < -0.4 is 10.5 Å². The smallest absolute Gasteiger partial charge is 0.262 e. The molecule has 0 saturated heterocycles. The lowest BCUT2D eigenvalue weighted by Crippen LogP contribution is -2.16. The van der Waals surface area contributed by atoms with Crippen LogP contribution in [0.5, 0.6) is 0 Å². The molecule has 3 N–H and O–H groups in total. The van der Waals surface area contributed by atoms with Crippen LogP contribution in [0.15, 0.2) is 35.5 Å². The van der Waals surface area contributed by atoms with Crippen molar-refractivity contribution in [2.75, 3.05) is 10.5 Å². The number of nitrogens with zero attached hydrogens (tertiary/aromatic N) is 1. The predicted octanol–water partition coefficient (Wildman–Crippen LogP) is 2.73. The molecule has 2 aromatic rings. The summed E-state index contributed by atoms with van der Waals surface area (Å²) in [6.45, 7) is 3.39. The molecule has 0 radical (unpaired) electrons. The van der Waals surface area contributed by atoms with E-state index in [1.165, 1.54) is 18.5 Å². The van der Waals surface area contributed by atoms with Crippen LogP contribution in [0.2, 0.25) is 5.02 Å². The minimum absolute atomic E-state index is 0.201. The van der Waals surface area contributed by atoms with Crippen molar-refractivity contribution in [3.8, 4) is 0 Å². The molecule has 1 aromatic heterocycles. The summed E-state index contributed by atoms with van der Waals surface area (Å²) in [4.78, 5) is 4.05. The van der Waals surface area contributed by atoms with Gasteiger partial charge in [0, 0.05) is 11.9 Å². The molecule has 0 fully saturated rings. The van der Waals surface area contributed by atoms with Gasteiger partial charge < -0.3 is 5.73 Å². The first-order chi connectivity index (χ1) is 9.31. The van der Waals surface area contributed by atoms with Gasteiger partial charge in [0.15, 0.2) is 0 Å². The largest absolute Gasteiger partial charge is 0.399 e. The van der Waals surface area contributed by atoms with Gasteiger partial charge in [0.25, 0.3) is 10.0 Å². The van der Waals surface area contributed by atoms with E-state index in [0.29, 0.717) is 16.8 Å². The molecule has 20 heavy (non-hydrogen) atoms. The lowest BCUT2D eigenvalue weighted by Gasteiger charge is -2.14. The number of nitrogen functional groups attached to an aromatic ring is 1. The molecule has 1 aromatic carbocycles. The van der Waals surface area contributed by atoms with Gasteiger partial charge in [0.05, 0.1) is 21.8 Å². The van der Waals surface area contributed by atoms with Gasteiger partial charge in [-0.05, 0) is 43.2 Å². The van der Waals surface area contributed by atoms with Crippen molar-refractivity contribution >= 4 is 33.0 Å². The highest BCUT2D eigenvalue weighted by Crippen LogP contribution is 2.27. The van der Waals surface area contributed by atoms with Crippen molar-refractivity contribution in [3.05, 3.63) is 46.7 Å². The average molecular weight is 312 g/mol. The minimum Gasteiger partial charge on any atom is -0.399 e. The van der Waals surface area contributed by atoms with Gasteiger partial charge in [-0.2, -0.15) is 0 Å². The number of benzene rings is 1. The summed E-state index contributed by atoms with van der Waals surface area (Å²) >= 11 is 5.94. The van der Waals surface area contributed by atoms with Gasteiger partial charge >= 0.3 is 0 Å². The van der Waals surface area contributed by atoms with Crippen LogP contribution in [-0.2, 0) is 10.0 Å². The lowest BCUT2D eigenvalue weighted by molar-refractivity contribution is 0.600. The van der Waals surface area contributed by atoms with Crippen molar-refractivity contribution in [1.29, 1.82) is 0 Å². The number of aryl methyl sites for hydroxylation is 2. The van der Waals surface area contributed by atoms with Gasteiger partial charge in [-0.1, -0.05) is 11.6 Å². The van der Waals surface area contributed by atoms with E-state index in [9.17, 15) is 8.42 Å². The molecule has 7 heteroatoms. The Morgan fingerprint density at radius 3 is 2.40 bits per heavy atom. The SMILES string of the molecule is Cc1cc(N)cc(C)c1S(=O)(=O)Nc1cnccc1Cl. The Bertz CT molecular complexity index is 737. The number of rotatable bonds is 3. The minimum atomic E-state index is -3.74. The Balaban J connectivity index is 2.50. The van der Waals surface area contributed by atoms with Crippen LogP contribution >= 0.6 is 11.6 Å². The number of nitrogens with one attached hydrogen (secondary N) is 1. The second-order valence-electron chi connectivity index (χ2n) is 4.44. The molecule has 5 nitrogen and oxygen atoms in total. The van der Waals surface area contributed by atoms with Crippen LogP contribution in [0, 0.1) is 13.8 Å². The molecule has 1 heterocycles. The zero-order valence-electron chi connectivity index (χ0n) is 11.0. The first-order valence-electron chi connectivity index (χ1n) is 5.80. The van der Waals surface area contributed by atoms with Crippen LogP contribution in [0.3, 0.4) is 0 Å². The van der Waals surface area contributed by atoms with Gasteiger partial charge in [-0.3, -0.25) is 9.71 Å². The molecule has 0 saturated carbocycles. The van der Waals surface area contributed by atoms with E-state index in [1.54, 1.807) is 26.0 Å². The monoisotopic (exact) mass is 311 g/mol. The Morgan fingerprint density at radius 1 is 1.25 bits per heavy atom. The van der Waals surface area contributed by atoms with E-state index in [2.05, 4.69) is 9.71 Å². The van der Waals surface area contributed by atoms with Crippen LogP contribution in [0.25, 0.3) is 0 Å². The van der Waals surface area contributed by atoms with E-state index in [1.807, 2.05) is 0 Å². The number of nitrogens with two attached hydrogens (primary N) is 1. The molecule has 0 spiro atoms. The Labute approximate surface area is 122 Å². The first kappa shape index (κ1) is 14.6. The number of sulfonamides is 1. The van der Waals surface area contributed by atoms with Crippen molar-refractivity contribution in [3.63, 3.8) is 0 Å². The van der Waals surface area contributed by atoms with Crippen molar-refractivity contribution < 1.29 is 8.42 Å². The van der Waals surface area contributed by atoms with Crippen molar-refractivity contribution in [1.82, 2.24) is 4.98 Å². The average Bonchev–Trinajstić information content (AvgIpc) is 2.30. The van der Waals surface area contributed by atoms with E-state index < -0.39 is 10.0 Å². The van der Waals surface area contributed by atoms with Gasteiger partial charge in [0.2, 0.25) is 0 Å². The van der Waals surface area contributed by atoms with Gasteiger partial charge in [0.1, 0.15) is 0 Å². The maximum Gasteiger partial charge on any atom is 0.262 e. The highest BCUT2D eigenvalue weighted by atomic mass is 35.5. The third-order valence-electron chi connectivity index (χ3n) is 2.76. The molecule has 106 valence electrons. The second kappa shape index (κ2) is 5.30. The van der Waals surface area contributed by atoms with E-state index in [4.69, 9.17) is 17.3 Å². The van der Waals surface area contributed by atoms with E-state index >= 15 is 0 Å². The third kappa shape index (κ3) is 2.86. The quantitative estimate of drug-likeness (QED) is 0.853. The molecule has 0 aliphatic heterocycles. The normalized spacial score (nSPS) is 11.3. The standard InChI is InChI=1S/C13H14ClN3O2S/c1-8-5-10(15)6-9(2)13(8)20(18,19)17-12-7-16-4-3-11(12)14/h3-7,17H,15H2,1-2H3. The molecule has 0 bridgehead atoms. The summed E-state index contributed by atoms with van der Waals surface area (Å²) in [5, 5.41) is 0.286. The van der Waals surface area contributed by atoms with Crippen LogP contribution in [0.4, 0.5) is 11.4 Å². The molecule has 0 unspecified atom stereocenters. The lowest BCUT2D eigenvalue weighted by atomic mass is 10.1. The fourth-order valence-electron chi connectivity index (χ4n) is 2.06. The number of halogens is 1. The number of hydrogen-bond acceptors (Lipinski definition) is 4. The highest BCUT2D eigenvalue weighted by Gasteiger charge is 2.21. The molecule has 2 rings (SSSR count). The maximum absolute atomic E-state index is 12.5. The Morgan fingerprint density at radius 2 is 1.85 bits per heavy atom. The maximum atomic E-state index is 12.5. The zero-order valence-corrected chi connectivity index (χ0v) is 12.6. The molecule has 0 aliphatic carbocycles. The molecule has 0 aliphatic rings. The number of hydrogen-bond donors (Lipinski definition) is 2. The fraction of sp³-hybridized carbons (Fsp3) is 0.154. The molecular formula is C13H14ClN3O2S. The summed E-state index contributed by atoms with van der Waals surface area (Å²) in [7, 11) is -3.74. The fourth-order valence-corrected chi connectivity index (χ4v) is 3.78. The van der Waals surface area contributed by atoms with Crippen LogP contribution in [-0.4, -0.2) is 13.4 Å². The third-order valence-corrected chi connectivity index (χ3v) is 4.76. The predicted molar refractivity (Wildman–Crippen MR) is 80.4 cm³/mol. The zero-order chi connectivity index (χ0) is 14.9. The number of aromatic nitrogens is 1. The number of anilines is 2. The molecule has 0 amide bonds. The second-order valence-corrected chi connectivity index (χ2v) is 6.47. The Kier molecular flexibility index (Phi) is 3.87. The summed E-state index contributed by atoms with van der Waals surface area (Å²) in [6.07, 6.45) is 2.85. The molecule has 0 atom stereocenters. The van der Waals surface area contributed by atoms with Gasteiger partial charge in [-0.25, -0.2) is 8.42 Å². The number of pyridine rings is 1. The van der Waals surface area contributed by atoms with E-state index in [-0.39, 0.29) is 15.6 Å². The van der Waals surface area contributed by atoms with Crippen molar-refractivity contribution in [2.24, 2.45) is 0 Å². The Hall–Kier alpha value is -1.79. The summed E-state index contributed by atoms with van der Waals surface area (Å²) in [5.74, 6) is 0. The summed E-state index contributed by atoms with van der Waals surface area (Å²) in [6, 6.07) is 4.75. The first-order valence-corrected chi connectivity index (χ1v) is 7.66. The van der Waals surface area contributed by atoms with Crippen molar-refractivity contribution in [2.45, 2.75) is 18.7 Å². The van der Waals surface area contributed by atoms with Crippen LogP contribution in [0.1, 0.15) is 11.1 Å². The topological polar surface area (TPSA) is 85.1 Å².